The molecule has 0 unspecified atom stereocenters. The summed E-state index contributed by atoms with van der Waals surface area (Å²) in [6.07, 6.45) is 0. The van der Waals surface area contributed by atoms with E-state index in [1.54, 1.807) is 0 Å². The lowest BCUT2D eigenvalue weighted by atomic mass is 10.3. The highest BCUT2D eigenvalue weighted by Crippen LogP contribution is 2.16. The van der Waals surface area contributed by atoms with Gasteiger partial charge in [0.25, 0.3) is 5.91 Å². The molecule has 1 aromatic heterocycles. The Balaban J connectivity index is 2.82. The second-order valence-electron chi connectivity index (χ2n) is 3.28. The topological polar surface area (TPSA) is 42.0 Å². The SMILES string of the molecule is Cc1nc(C)c(C(=O)NC(C)C)s1. The van der Waals surface area contributed by atoms with E-state index in [2.05, 4.69) is 10.3 Å². The average molecular weight is 198 g/mol. The van der Waals surface area contributed by atoms with Crippen LogP contribution in [0.3, 0.4) is 0 Å². The molecule has 0 spiro atoms. The van der Waals surface area contributed by atoms with Gasteiger partial charge in [-0.05, 0) is 27.7 Å². The molecule has 1 heterocycles. The Morgan fingerprint density at radius 1 is 1.46 bits per heavy atom. The lowest BCUT2D eigenvalue weighted by Crippen LogP contribution is -2.29. The van der Waals surface area contributed by atoms with Crippen LogP contribution in [-0.4, -0.2) is 16.9 Å². The number of carbonyl (C=O) groups is 1. The minimum atomic E-state index is -0.0156. The van der Waals surface area contributed by atoms with Gasteiger partial charge < -0.3 is 5.32 Å². The average Bonchev–Trinajstić information content (AvgIpc) is 2.28. The number of nitrogens with one attached hydrogen (secondary N) is 1. The first-order valence-corrected chi connectivity index (χ1v) is 5.07. The number of rotatable bonds is 2. The van der Waals surface area contributed by atoms with Crippen molar-refractivity contribution in [3.8, 4) is 0 Å². The largest absolute Gasteiger partial charge is 0.349 e. The van der Waals surface area contributed by atoms with Crippen molar-refractivity contribution in [3.05, 3.63) is 15.6 Å². The number of nitrogens with zero attached hydrogens (tertiary/aromatic N) is 1. The van der Waals surface area contributed by atoms with E-state index in [-0.39, 0.29) is 11.9 Å². The Morgan fingerprint density at radius 3 is 2.46 bits per heavy atom. The van der Waals surface area contributed by atoms with Crippen LogP contribution in [0.2, 0.25) is 0 Å². The van der Waals surface area contributed by atoms with E-state index < -0.39 is 0 Å². The zero-order valence-corrected chi connectivity index (χ0v) is 9.16. The van der Waals surface area contributed by atoms with Gasteiger partial charge in [-0.25, -0.2) is 4.98 Å². The third-order valence-electron chi connectivity index (χ3n) is 1.53. The molecule has 0 fully saturated rings. The fourth-order valence-corrected chi connectivity index (χ4v) is 1.89. The third-order valence-corrected chi connectivity index (χ3v) is 2.60. The molecule has 1 rings (SSSR count). The van der Waals surface area contributed by atoms with Gasteiger partial charge in [0.15, 0.2) is 0 Å². The smallest absolute Gasteiger partial charge is 0.263 e. The number of amides is 1. The van der Waals surface area contributed by atoms with Gasteiger partial charge >= 0.3 is 0 Å². The quantitative estimate of drug-likeness (QED) is 0.788. The van der Waals surface area contributed by atoms with Gasteiger partial charge in [-0.15, -0.1) is 11.3 Å². The van der Waals surface area contributed by atoms with E-state index >= 15 is 0 Å². The Morgan fingerprint density at radius 2 is 2.08 bits per heavy atom. The van der Waals surface area contributed by atoms with Crippen LogP contribution in [0.5, 0.6) is 0 Å². The van der Waals surface area contributed by atoms with Gasteiger partial charge in [0.2, 0.25) is 0 Å². The van der Waals surface area contributed by atoms with Crippen LogP contribution in [0, 0.1) is 13.8 Å². The van der Waals surface area contributed by atoms with E-state index in [1.807, 2.05) is 27.7 Å². The van der Waals surface area contributed by atoms with Crippen molar-refractivity contribution in [2.24, 2.45) is 0 Å². The van der Waals surface area contributed by atoms with Crippen LogP contribution >= 0.6 is 11.3 Å². The highest BCUT2D eigenvalue weighted by Gasteiger charge is 2.13. The summed E-state index contributed by atoms with van der Waals surface area (Å²) in [5.41, 5.74) is 0.820. The van der Waals surface area contributed by atoms with Crippen LogP contribution in [0.1, 0.15) is 34.2 Å². The Bertz CT molecular complexity index is 317. The second-order valence-corrected chi connectivity index (χ2v) is 4.48. The molecule has 4 heteroatoms. The van der Waals surface area contributed by atoms with Crippen LogP contribution in [0.15, 0.2) is 0 Å². The molecule has 1 N–H and O–H groups in total. The van der Waals surface area contributed by atoms with Gasteiger partial charge in [0.05, 0.1) is 10.7 Å². The van der Waals surface area contributed by atoms with E-state index in [0.717, 1.165) is 15.6 Å². The maximum Gasteiger partial charge on any atom is 0.263 e. The molecule has 0 bridgehead atoms. The predicted molar refractivity (Wildman–Crippen MR) is 54.2 cm³/mol. The number of carbonyl (C=O) groups excluding carboxylic acids is 1. The molecule has 13 heavy (non-hydrogen) atoms. The second kappa shape index (κ2) is 3.87. The maximum atomic E-state index is 11.5. The van der Waals surface area contributed by atoms with Gasteiger partial charge in [0, 0.05) is 6.04 Å². The van der Waals surface area contributed by atoms with E-state index in [4.69, 9.17) is 0 Å². The first-order valence-electron chi connectivity index (χ1n) is 4.25. The van der Waals surface area contributed by atoms with Crippen LogP contribution in [0.4, 0.5) is 0 Å². The van der Waals surface area contributed by atoms with E-state index in [1.165, 1.54) is 11.3 Å². The summed E-state index contributed by atoms with van der Waals surface area (Å²) in [5, 5.41) is 3.78. The molecule has 3 nitrogen and oxygen atoms in total. The van der Waals surface area contributed by atoms with Crippen LogP contribution in [-0.2, 0) is 0 Å². The predicted octanol–water partition coefficient (Wildman–Crippen LogP) is 1.90. The van der Waals surface area contributed by atoms with E-state index in [0.29, 0.717) is 0 Å². The van der Waals surface area contributed by atoms with Crippen LogP contribution in [0.25, 0.3) is 0 Å². The summed E-state index contributed by atoms with van der Waals surface area (Å²) in [6.45, 7) is 7.66. The molecule has 0 radical (unpaired) electrons. The highest BCUT2D eigenvalue weighted by molar-refractivity contribution is 7.13. The van der Waals surface area contributed by atoms with Crippen molar-refractivity contribution in [2.75, 3.05) is 0 Å². The number of aromatic nitrogens is 1. The molecule has 0 saturated carbocycles. The first kappa shape index (κ1) is 10.2. The lowest BCUT2D eigenvalue weighted by Gasteiger charge is -2.06. The standard InChI is InChI=1S/C9H14N2OS/c1-5(2)10-9(12)8-6(3)11-7(4)13-8/h5H,1-4H3,(H,10,12). The van der Waals surface area contributed by atoms with E-state index in [9.17, 15) is 4.79 Å². The molecule has 0 atom stereocenters. The van der Waals surface area contributed by atoms with Crippen molar-refractivity contribution in [2.45, 2.75) is 33.7 Å². The first-order chi connectivity index (χ1) is 6.00. The summed E-state index contributed by atoms with van der Waals surface area (Å²) in [5.74, 6) is -0.0156. The summed E-state index contributed by atoms with van der Waals surface area (Å²) in [7, 11) is 0. The Kier molecular flexibility index (Phi) is 3.03. The van der Waals surface area contributed by atoms with Crippen molar-refractivity contribution in [3.63, 3.8) is 0 Å². The summed E-state index contributed by atoms with van der Waals surface area (Å²) in [4.78, 5) is 16.5. The fraction of sp³-hybridized carbons (Fsp3) is 0.556. The third kappa shape index (κ3) is 2.52. The molecule has 0 saturated heterocycles. The zero-order valence-electron chi connectivity index (χ0n) is 8.34. The van der Waals surface area contributed by atoms with Crippen molar-refractivity contribution < 1.29 is 4.79 Å². The van der Waals surface area contributed by atoms with Crippen molar-refractivity contribution >= 4 is 17.2 Å². The Hall–Kier alpha value is -0.900. The number of aryl methyl sites for hydroxylation is 2. The summed E-state index contributed by atoms with van der Waals surface area (Å²) in [6, 6.07) is 0.175. The number of thiazole rings is 1. The van der Waals surface area contributed by atoms with Gasteiger partial charge in [-0.1, -0.05) is 0 Å². The minimum Gasteiger partial charge on any atom is -0.349 e. The molecule has 1 aromatic rings. The number of hydrogen-bond acceptors (Lipinski definition) is 3. The molecule has 0 aliphatic rings. The molecule has 72 valence electrons. The molecule has 1 amide bonds. The maximum absolute atomic E-state index is 11.5. The van der Waals surface area contributed by atoms with Gasteiger partial charge in [-0.3, -0.25) is 4.79 Å². The molecular weight excluding hydrogens is 184 g/mol. The minimum absolute atomic E-state index is 0.0156. The van der Waals surface area contributed by atoms with Crippen molar-refractivity contribution in [1.82, 2.24) is 10.3 Å². The molecule has 0 aromatic carbocycles. The molecule has 0 aliphatic carbocycles. The fourth-order valence-electron chi connectivity index (χ4n) is 1.07. The lowest BCUT2D eigenvalue weighted by molar-refractivity contribution is 0.0946. The van der Waals surface area contributed by atoms with Gasteiger partial charge in [-0.2, -0.15) is 0 Å². The monoisotopic (exact) mass is 198 g/mol. The Labute approximate surface area is 82.2 Å². The normalized spacial score (nSPS) is 10.5. The molecular formula is C9H14N2OS. The zero-order chi connectivity index (χ0) is 10.0. The van der Waals surface area contributed by atoms with Crippen molar-refractivity contribution in [1.29, 1.82) is 0 Å². The summed E-state index contributed by atoms with van der Waals surface area (Å²) >= 11 is 1.44. The highest BCUT2D eigenvalue weighted by atomic mass is 32.1. The van der Waals surface area contributed by atoms with Crippen LogP contribution < -0.4 is 5.32 Å². The van der Waals surface area contributed by atoms with Gasteiger partial charge in [0.1, 0.15) is 4.88 Å². The summed E-state index contributed by atoms with van der Waals surface area (Å²) < 4.78 is 0. The molecule has 0 aliphatic heterocycles. The number of hydrogen-bond donors (Lipinski definition) is 1.